The fourth-order valence-corrected chi connectivity index (χ4v) is 0.601. The van der Waals surface area contributed by atoms with E-state index in [1.54, 1.807) is 12.4 Å². The molecule has 5 heteroatoms. The van der Waals surface area contributed by atoms with Crippen molar-refractivity contribution in [1.82, 2.24) is 9.97 Å². The second-order valence-corrected chi connectivity index (χ2v) is 1.81. The zero-order valence-electron chi connectivity index (χ0n) is 6.38. The maximum absolute atomic E-state index is 5.25. The van der Waals surface area contributed by atoms with Gasteiger partial charge in [-0.25, -0.2) is 9.97 Å². The Morgan fingerprint density at radius 3 is 2.33 bits per heavy atom. The van der Waals surface area contributed by atoms with Gasteiger partial charge < -0.3 is 5.73 Å². The van der Waals surface area contributed by atoms with Gasteiger partial charge in [0.15, 0.2) is 0 Å². The first-order valence-electron chi connectivity index (χ1n) is 3.05. The number of halogens is 2. The van der Waals surface area contributed by atoms with E-state index >= 15 is 0 Å². The van der Waals surface area contributed by atoms with Crippen molar-refractivity contribution in [3.8, 4) is 0 Å². The molecule has 0 aliphatic heterocycles. The van der Waals surface area contributed by atoms with Gasteiger partial charge in [0.05, 0.1) is 0 Å². The van der Waals surface area contributed by atoms with Crippen molar-refractivity contribution in [2.24, 2.45) is 5.73 Å². The molecule has 1 heterocycles. The zero-order chi connectivity index (χ0) is 7.23. The van der Waals surface area contributed by atoms with Crippen molar-refractivity contribution in [2.75, 3.05) is 6.54 Å². The van der Waals surface area contributed by atoms with Gasteiger partial charge in [-0.2, -0.15) is 0 Å². The fourth-order valence-electron chi connectivity index (χ4n) is 0.601. The monoisotopic (exact) mass is 207 g/mol. The van der Waals surface area contributed by atoms with E-state index in [4.69, 9.17) is 5.73 Å². The third-order valence-electron chi connectivity index (χ3n) is 1.03. The maximum Gasteiger partial charge on any atom is 0.115 e. The van der Waals surface area contributed by atoms with Gasteiger partial charge >= 0.3 is 0 Å². The Bertz CT molecular complexity index is 213. The van der Waals surface area contributed by atoms with Crippen molar-refractivity contribution in [3.05, 3.63) is 30.4 Å². The number of rotatable bonds is 2. The number of nitrogens with two attached hydrogens (primary N) is 1. The smallest absolute Gasteiger partial charge is 0.115 e. The highest BCUT2D eigenvalue weighted by atomic mass is 35.5. The van der Waals surface area contributed by atoms with Crippen LogP contribution in [0.4, 0.5) is 0 Å². The zero-order valence-corrected chi connectivity index (χ0v) is 8.02. The molecule has 0 saturated carbocycles. The van der Waals surface area contributed by atoms with Crippen LogP contribution in [0, 0.1) is 0 Å². The SMILES string of the molecule is Cl.Cl.NC/C=C/c1cncnc1. The summed E-state index contributed by atoms with van der Waals surface area (Å²) in [5.74, 6) is 0. The molecular formula is C7H11Cl2N3. The first-order chi connectivity index (χ1) is 4.93. The number of hydrogen-bond donors (Lipinski definition) is 1. The van der Waals surface area contributed by atoms with Gasteiger partial charge in [0.2, 0.25) is 0 Å². The molecule has 12 heavy (non-hydrogen) atoms. The molecule has 0 aromatic carbocycles. The van der Waals surface area contributed by atoms with Crippen LogP contribution in [-0.2, 0) is 0 Å². The van der Waals surface area contributed by atoms with E-state index in [-0.39, 0.29) is 24.8 Å². The second kappa shape index (κ2) is 8.46. The van der Waals surface area contributed by atoms with Crippen molar-refractivity contribution in [1.29, 1.82) is 0 Å². The second-order valence-electron chi connectivity index (χ2n) is 1.81. The van der Waals surface area contributed by atoms with Gasteiger partial charge in [-0.15, -0.1) is 24.8 Å². The summed E-state index contributed by atoms with van der Waals surface area (Å²) in [7, 11) is 0. The summed E-state index contributed by atoms with van der Waals surface area (Å²) in [5, 5.41) is 0. The van der Waals surface area contributed by atoms with Crippen LogP contribution in [0.15, 0.2) is 24.8 Å². The lowest BCUT2D eigenvalue weighted by atomic mass is 10.3. The Balaban J connectivity index is 0. The third kappa shape index (κ3) is 5.07. The lowest BCUT2D eigenvalue weighted by Gasteiger charge is -1.87. The summed E-state index contributed by atoms with van der Waals surface area (Å²) in [6, 6.07) is 0. The fraction of sp³-hybridized carbons (Fsp3) is 0.143. The van der Waals surface area contributed by atoms with Crippen LogP contribution in [0.2, 0.25) is 0 Å². The minimum Gasteiger partial charge on any atom is -0.327 e. The maximum atomic E-state index is 5.25. The normalized spacial score (nSPS) is 8.75. The number of hydrogen-bond acceptors (Lipinski definition) is 3. The van der Waals surface area contributed by atoms with Crippen LogP contribution < -0.4 is 5.73 Å². The topological polar surface area (TPSA) is 51.8 Å². The van der Waals surface area contributed by atoms with Crippen LogP contribution in [0.1, 0.15) is 5.56 Å². The Hall–Kier alpha value is -0.640. The summed E-state index contributed by atoms with van der Waals surface area (Å²) in [6.45, 7) is 0.550. The molecule has 68 valence electrons. The molecule has 1 aromatic heterocycles. The molecular weight excluding hydrogens is 197 g/mol. The molecule has 0 fully saturated rings. The van der Waals surface area contributed by atoms with Crippen LogP contribution in [0.25, 0.3) is 6.08 Å². The van der Waals surface area contributed by atoms with Crippen LogP contribution in [-0.4, -0.2) is 16.5 Å². The van der Waals surface area contributed by atoms with Gasteiger partial charge in [-0.1, -0.05) is 12.2 Å². The van der Waals surface area contributed by atoms with E-state index in [0.29, 0.717) is 6.54 Å². The van der Waals surface area contributed by atoms with E-state index in [2.05, 4.69) is 9.97 Å². The molecule has 1 aromatic rings. The van der Waals surface area contributed by atoms with E-state index in [0.717, 1.165) is 5.56 Å². The minimum absolute atomic E-state index is 0. The van der Waals surface area contributed by atoms with Crippen molar-refractivity contribution < 1.29 is 0 Å². The summed E-state index contributed by atoms with van der Waals surface area (Å²) in [6.07, 6.45) is 8.72. The largest absolute Gasteiger partial charge is 0.327 e. The Labute approximate surface area is 83.9 Å². The van der Waals surface area contributed by atoms with E-state index in [9.17, 15) is 0 Å². The van der Waals surface area contributed by atoms with Gasteiger partial charge in [0.25, 0.3) is 0 Å². The summed E-state index contributed by atoms with van der Waals surface area (Å²) in [4.78, 5) is 7.67. The highest BCUT2D eigenvalue weighted by Gasteiger charge is 1.81. The van der Waals surface area contributed by atoms with Gasteiger partial charge in [0, 0.05) is 24.5 Å². The highest BCUT2D eigenvalue weighted by molar-refractivity contribution is 5.85. The number of nitrogens with zero attached hydrogens (tertiary/aromatic N) is 2. The molecule has 0 spiro atoms. The summed E-state index contributed by atoms with van der Waals surface area (Å²) < 4.78 is 0. The minimum atomic E-state index is 0. The Morgan fingerprint density at radius 1 is 1.25 bits per heavy atom. The molecule has 0 saturated heterocycles. The standard InChI is InChI=1S/C7H9N3.2ClH/c8-3-1-2-7-4-9-6-10-5-7;;/h1-2,4-6H,3,8H2;2*1H/b2-1+;;. The Morgan fingerprint density at radius 2 is 1.83 bits per heavy atom. The highest BCUT2D eigenvalue weighted by Crippen LogP contribution is 1.94. The summed E-state index contributed by atoms with van der Waals surface area (Å²) >= 11 is 0. The number of aromatic nitrogens is 2. The Kier molecular flexibility index (Phi) is 9.81. The third-order valence-corrected chi connectivity index (χ3v) is 1.03. The summed E-state index contributed by atoms with van der Waals surface area (Å²) in [5.41, 5.74) is 6.23. The molecule has 0 radical (unpaired) electrons. The molecule has 2 N–H and O–H groups in total. The molecule has 0 atom stereocenters. The van der Waals surface area contributed by atoms with Crippen molar-refractivity contribution in [2.45, 2.75) is 0 Å². The first kappa shape index (κ1) is 13.9. The molecule has 1 rings (SSSR count). The quantitative estimate of drug-likeness (QED) is 0.796. The van der Waals surface area contributed by atoms with Gasteiger partial charge in [-0.3, -0.25) is 0 Å². The molecule has 0 unspecified atom stereocenters. The molecule has 0 bridgehead atoms. The molecule has 0 amide bonds. The van der Waals surface area contributed by atoms with E-state index < -0.39 is 0 Å². The van der Waals surface area contributed by atoms with Gasteiger partial charge in [-0.05, 0) is 0 Å². The average Bonchev–Trinajstić information content (AvgIpc) is 2.03. The van der Waals surface area contributed by atoms with E-state index in [1.165, 1.54) is 6.33 Å². The van der Waals surface area contributed by atoms with Crippen molar-refractivity contribution >= 4 is 30.9 Å². The van der Waals surface area contributed by atoms with Crippen LogP contribution >= 0.6 is 24.8 Å². The van der Waals surface area contributed by atoms with Crippen molar-refractivity contribution in [3.63, 3.8) is 0 Å². The average molecular weight is 208 g/mol. The molecule has 3 nitrogen and oxygen atoms in total. The lowest BCUT2D eigenvalue weighted by Crippen LogP contribution is -1.92. The molecule has 0 aliphatic rings. The van der Waals surface area contributed by atoms with E-state index in [1.807, 2.05) is 12.2 Å². The predicted molar refractivity (Wildman–Crippen MR) is 54.6 cm³/mol. The van der Waals surface area contributed by atoms with Crippen LogP contribution in [0.5, 0.6) is 0 Å². The lowest BCUT2D eigenvalue weighted by molar-refractivity contribution is 1.16. The van der Waals surface area contributed by atoms with Gasteiger partial charge in [0.1, 0.15) is 6.33 Å². The molecule has 0 aliphatic carbocycles. The first-order valence-corrected chi connectivity index (χ1v) is 3.05. The predicted octanol–water partition coefficient (Wildman–Crippen LogP) is 1.29. The van der Waals surface area contributed by atoms with Crippen LogP contribution in [0.3, 0.4) is 0 Å².